The maximum Gasteiger partial charge on any atom is 0.220 e. The summed E-state index contributed by atoms with van der Waals surface area (Å²) in [5.74, 6) is 1.23. The molecule has 2 N–H and O–H groups in total. The summed E-state index contributed by atoms with van der Waals surface area (Å²) in [5, 5.41) is 6.62. The fourth-order valence-corrected chi connectivity index (χ4v) is 4.46. The molecule has 124 valence electrons. The number of carbonyl (C=O) groups is 1. The smallest absolute Gasteiger partial charge is 0.220 e. The highest BCUT2D eigenvalue weighted by molar-refractivity contribution is 5.81. The summed E-state index contributed by atoms with van der Waals surface area (Å²) >= 11 is 0. The minimum Gasteiger partial charge on any atom is -0.356 e. The normalized spacial score (nSPS) is 31.6. The highest BCUT2D eigenvalue weighted by Gasteiger charge is 2.42. The Bertz CT molecular complexity index is 456. The predicted octanol–water partition coefficient (Wildman–Crippen LogP) is 1.74. The van der Waals surface area contributed by atoms with Crippen molar-refractivity contribution >= 4 is 11.9 Å². The largest absolute Gasteiger partial charge is 0.356 e. The second kappa shape index (κ2) is 6.09. The second-order valence-corrected chi connectivity index (χ2v) is 7.90. The Hall–Kier alpha value is -1.26. The van der Waals surface area contributed by atoms with Crippen LogP contribution in [0.5, 0.6) is 0 Å². The number of rotatable bonds is 2. The Labute approximate surface area is 133 Å². The van der Waals surface area contributed by atoms with Crippen molar-refractivity contribution in [2.75, 3.05) is 33.2 Å². The van der Waals surface area contributed by atoms with E-state index in [1.54, 1.807) is 0 Å². The van der Waals surface area contributed by atoms with Gasteiger partial charge in [0, 0.05) is 45.1 Å². The maximum atomic E-state index is 11.6. The van der Waals surface area contributed by atoms with E-state index in [1.807, 2.05) is 7.05 Å². The van der Waals surface area contributed by atoms with Crippen LogP contribution in [-0.4, -0.2) is 50.0 Å². The van der Waals surface area contributed by atoms with Gasteiger partial charge in [-0.2, -0.15) is 0 Å². The molecule has 1 aliphatic carbocycles. The molecule has 3 rings (SSSR count). The average Bonchev–Trinajstić information content (AvgIpc) is 3.07. The molecule has 0 radical (unpaired) electrons. The first-order valence-electron chi connectivity index (χ1n) is 8.77. The van der Waals surface area contributed by atoms with Crippen LogP contribution in [0.25, 0.3) is 0 Å². The van der Waals surface area contributed by atoms with E-state index in [-0.39, 0.29) is 11.3 Å². The van der Waals surface area contributed by atoms with Crippen LogP contribution in [0.2, 0.25) is 0 Å². The lowest BCUT2D eigenvalue weighted by atomic mass is 9.79. The van der Waals surface area contributed by atoms with Gasteiger partial charge >= 0.3 is 0 Å². The molecule has 2 heterocycles. The van der Waals surface area contributed by atoms with Gasteiger partial charge in [-0.25, -0.2) is 0 Å². The van der Waals surface area contributed by atoms with Crippen LogP contribution in [0.4, 0.5) is 0 Å². The van der Waals surface area contributed by atoms with Gasteiger partial charge < -0.3 is 15.5 Å². The van der Waals surface area contributed by atoms with Gasteiger partial charge in [-0.15, -0.1) is 0 Å². The van der Waals surface area contributed by atoms with Crippen molar-refractivity contribution in [1.29, 1.82) is 0 Å². The minimum atomic E-state index is 0.129. The summed E-state index contributed by atoms with van der Waals surface area (Å²) < 4.78 is 0. The molecule has 1 atom stereocenters. The van der Waals surface area contributed by atoms with E-state index in [4.69, 9.17) is 0 Å². The number of hydrogen-bond acceptors (Lipinski definition) is 2. The Morgan fingerprint density at radius 1 is 1.32 bits per heavy atom. The summed E-state index contributed by atoms with van der Waals surface area (Å²) in [5.41, 5.74) is 0.554. The molecule has 2 aliphatic heterocycles. The van der Waals surface area contributed by atoms with E-state index < -0.39 is 0 Å². The van der Waals surface area contributed by atoms with Gasteiger partial charge in [0.05, 0.1) is 0 Å². The van der Waals surface area contributed by atoms with Gasteiger partial charge in [0.2, 0.25) is 5.91 Å². The molecule has 1 saturated carbocycles. The quantitative estimate of drug-likeness (QED) is 0.603. The Kier molecular flexibility index (Phi) is 4.33. The molecular weight excluding hydrogens is 276 g/mol. The van der Waals surface area contributed by atoms with Crippen molar-refractivity contribution in [2.45, 2.75) is 51.9 Å². The van der Waals surface area contributed by atoms with Gasteiger partial charge in [0.1, 0.15) is 0 Å². The number of piperidine rings is 1. The lowest BCUT2D eigenvalue weighted by molar-refractivity contribution is -0.119. The first-order chi connectivity index (χ1) is 10.5. The highest BCUT2D eigenvalue weighted by atomic mass is 16.1. The van der Waals surface area contributed by atoms with E-state index >= 15 is 0 Å². The molecule has 0 bridgehead atoms. The fourth-order valence-electron chi connectivity index (χ4n) is 4.46. The summed E-state index contributed by atoms with van der Waals surface area (Å²) in [6.07, 6.45) is 8.33. The van der Waals surface area contributed by atoms with E-state index in [2.05, 4.69) is 27.4 Å². The van der Waals surface area contributed by atoms with Gasteiger partial charge in [0.15, 0.2) is 5.96 Å². The molecule has 3 aliphatic rings. The van der Waals surface area contributed by atoms with Crippen LogP contribution in [-0.2, 0) is 4.79 Å². The van der Waals surface area contributed by atoms with Crippen molar-refractivity contribution < 1.29 is 4.79 Å². The first kappa shape index (κ1) is 15.6. The molecular formula is C17H30N4O. The van der Waals surface area contributed by atoms with Crippen molar-refractivity contribution in [3.8, 4) is 0 Å². The number of nitrogens with one attached hydrogen (secondary N) is 2. The number of aliphatic imine (C=N–C) groups is 1. The maximum absolute atomic E-state index is 11.6. The third-order valence-corrected chi connectivity index (χ3v) is 5.85. The van der Waals surface area contributed by atoms with Crippen molar-refractivity contribution in [3.05, 3.63) is 0 Å². The number of nitrogens with zero attached hydrogens (tertiary/aromatic N) is 2. The van der Waals surface area contributed by atoms with Crippen LogP contribution in [0.3, 0.4) is 0 Å². The van der Waals surface area contributed by atoms with E-state index in [9.17, 15) is 4.79 Å². The fraction of sp³-hybridized carbons (Fsp3) is 0.882. The van der Waals surface area contributed by atoms with E-state index in [0.29, 0.717) is 11.8 Å². The average molecular weight is 306 g/mol. The predicted molar refractivity (Wildman–Crippen MR) is 88.8 cm³/mol. The summed E-state index contributed by atoms with van der Waals surface area (Å²) in [7, 11) is 1.87. The van der Waals surface area contributed by atoms with Crippen LogP contribution in [0, 0.1) is 10.8 Å². The SMILES string of the molecule is CN=C(NCC1(C)CCCC1)N1CCCC2(CNC(=O)C2)C1. The van der Waals surface area contributed by atoms with E-state index in [0.717, 1.165) is 45.0 Å². The third kappa shape index (κ3) is 3.23. The Morgan fingerprint density at radius 2 is 2.09 bits per heavy atom. The Balaban J connectivity index is 1.60. The molecule has 5 nitrogen and oxygen atoms in total. The van der Waals surface area contributed by atoms with Crippen LogP contribution in [0.15, 0.2) is 4.99 Å². The molecule has 0 aromatic rings. The zero-order chi connectivity index (χ0) is 15.6. The third-order valence-electron chi connectivity index (χ3n) is 5.85. The monoisotopic (exact) mass is 306 g/mol. The number of hydrogen-bond donors (Lipinski definition) is 2. The minimum absolute atomic E-state index is 0.129. The highest BCUT2D eigenvalue weighted by Crippen LogP contribution is 2.38. The van der Waals surface area contributed by atoms with Crippen LogP contribution >= 0.6 is 0 Å². The molecule has 5 heteroatoms. The van der Waals surface area contributed by atoms with Crippen molar-refractivity contribution in [3.63, 3.8) is 0 Å². The number of likely N-dealkylation sites (tertiary alicyclic amines) is 1. The lowest BCUT2D eigenvalue weighted by Crippen LogP contribution is -2.52. The molecule has 1 unspecified atom stereocenters. The lowest BCUT2D eigenvalue weighted by Gasteiger charge is -2.41. The molecule has 22 heavy (non-hydrogen) atoms. The molecule has 0 aromatic carbocycles. The molecule has 1 amide bonds. The van der Waals surface area contributed by atoms with Gasteiger partial charge in [0.25, 0.3) is 0 Å². The standard InChI is InChI=1S/C17H30N4O/c1-16(6-3-4-7-16)11-20-15(18-2)21-9-5-8-17(13-21)10-14(22)19-12-17/h3-13H2,1-2H3,(H,18,20)(H,19,22). The second-order valence-electron chi connectivity index (χ2n) is 7.90. The molecule has 1 spiro atoms. The number of guanidine groups is 1. The summed E-state index contributed by atoms with van der Waals surface area (Å²) in [4.78, 5) is 18.5. The summed E-state index contributed by atoms with van der Waals surface area (Å²) in [6, 6.07) is 0. The van der Waals surface area contributed by atoms with Crippen LogP contribution < -0.4 is 10.6 Å². The first-order valence-corrected chi connectivity index (χ1v) is 8.77. The zero-order valence-electron chi connectivity index (χ0n) is 14.1. The summed E-state index contributed by atoms with van der Waals surface area (Å²) in [6.45, 7) is 6.23. The number of amides is 1. The van der Waals surface area contributed by atoms with E-state index in [1.165, 1.54) is 25.7 Å². The van der Waals surface area contributed by atoms with Crippen molar-refractivity contribution in [1.82, 2.24) is 15.5 Å². The van der Waals surface area contributed by atoms with Crippen molar-refractivity contribution in [2.24, 2.45) is 15.8 Å². The zero-order valence-corrected chi connectivity index (χ0v) is 14.1. The molecule has 0 aromatic heterocycles. The van der Waals surface area contributed by atoms with Gasteiger partial charge in [-0.3, -0.25) is 9.79 Å². The number of carbonyl (C=O) groups excluding carboxylic acids is 1. The Morgan fingerprint density at radius 3 is 2.73 bits per heavy atom. The molecule has 3 fully saturated rings. The van der Waals surface area contributed by atoms with Gasteiger partial charge in [-0.05, 0) is 31.1 Å². The van der Waals surface area contributed by atoms with Gasteiger partial charge in [-0.1, -0.05) is 19.8 Å². The van der Waals surface area contributed by atoms with Crippen LogP contribution in [0.1, 0.15) is 51.9 Å². The molecule has 2 saturated heterocycles. The topological polar surface area (TPSA) is 56.7 Å².